The van der Waals surface area contributed by atoms with Gasteiger partial charge in [-0.1, -0.05) is 0 Å². The first-order valence-corrected chi connectivity index (χ1v) is 6.75. The van der Waals surface area contributed by atoms with Gasteiger partial charge in [-0.2, -0.15) is 0 Å². The van der Waals surface area contributed by atoms with E-state index in [4.69, 9.17) is 5.11 Å². The first kappa shape index (κ1) is 12.1. The molecule has 2 aromatic rings. The predicted octanol–water partition coefficient (Wildman–Crippen LogP) is 2.21. The second-order valence-electron chi connectivity index (χ2n) is 4.25. The third-order valence-corrected chi connectivity index (χ3v) is 4.00. The van der Waals surface area contributed by atoms with Gasteiger partial charge in [-0.05, 0) is 43.2 Å². The maximum atomic E-state index is 10.9. The molecule has 0 atom stereocenters. The molecule has 0 aromatic carbocycles. The number of rotatable bonds is 3. The van der Waals surface area contributed by atoms with E-state index < -0.39 is 5.97 Å². The molecule has 5 nitrogen and oxygen atoms in total. The van der Waals surface area contributed by atoms with Gasteiger partial charge in [-0.3, -0.25) is 0 Å². The number of hydrogen-bond donors (Lipinski definition) is 1. The van der Waals surface area contributed by atoms with Crippen molar-refractivity contribution < 1.29 is 9.90 Å². The zero-order chi connectivity index (χ0) is 13.2. The average molecular weight is 273 g/mol. The summed E-state index contributed by atoms with van der Waals surface area (Å²) in [6.07, 6.45) is 6.15. The van der Waals surface area contributed by atoms with E-state index in [0.29, 0.717) is 5.03 Å². The van der Waals surface area contributed by atoms with Gasteiger partial charge in [-0.25, -0.2) is 19.7 Å². The standard InChI is InChI=1S/C13H11N3O2S/c17-13(18)8-4-5-14-11(6-8)19-12-9-2-1-3-10(9)15-7-16-12/h4-7H,1-3H2,(H,17,18). The van der Waals surface area contributed by atoms with Gasteiger partial charge in [0.15, 0.2) is 0 Å². The SMILES string of the molecule is O=C(O)c1ccnc(Sc2ncnc3c2CCC3)c1. The fourth-order valence-corrected chi connectivity index (χ4v) is 3.06. The largest absolute Gasteiger partial charge is 0.478 e. The van der Waals surface area contributed by atoms with E-state index in [9.17, 15) is 4.79 Å². The van der Waals surface area contributed by atoms with E-state index in [1.807, 2.05) is 0 Å². The van der Waals surface area contributed by atoms with Crippen molar-refractivity contribution in [1.29, 1.82) is 0 Å². The van der Waals surface area contributed by atoms with Crippen LogP contribution in [0.4, 0.5) is 0 Å². The Balaban J connectivity index is 1.92. The zero-order valence-corrected chi connectivity index (χ0v) is 10.9. The number of aromatic carboxylic acids is 1. The monoisotopic (exact) mass is 273 g/mol. The number of aryl methyl sites for hydroxylation is 1. The Morgan fingerprint density at radius 3 is 3.00 bits per heavy atom. The number of carboxylic acids is 1. The highest BCUT2D eigenvalue weighted by Gasteiger charge is 2.18. The summed E-state index contributed by atoms with van der Waals surface area (Å²) < 4.78 is 0. The summed E-state index contributed by atoms with van der Waals surface area (Å²) in [6.45, 7) is 0. The predicted molar refractivity (Wildman–Crippen MR) is 69.4 cm³/mol. The Bertz CT molecular complexity index is 646. The zero-order valence-electron chi connectivity index (χ0n) is 10.0. The molecule has 96 valence electrons. The van der Waals surface area contributed by atoms with Crippen LogP contribution in [0.3, 0.4) is 0 Å². The van der Waals surface area contributed by atoms with Crippen LogP contribution in [0.25, 0.3) is 0 Å². The van der Waals surface area contributed by atoms with Gasteiger partial charge in [0.25, 0.3) is 0 Å². The minimum absolute atomic E-state index is 0.239. The van der Waals surface area contributed by atoms with Crippen LogP contribution in [-0.2, 0) is 12.8 Å². The third kappa shape index (κ3) is 2.44. The highest BCUT2D eigenvalue weighted by Crippen LogP contribution is 2.32. The number of nitrogens with zero attached hydrogens (tertiary/aromatic N) is 3. The molecule has 19 heavy (non-hydrogen) atoms. The Morgan fingerprint density at radius 1 is 1.26 bits per heavy atom. The van der Waals surface area contributed by atoms with Crippen LogP contribution in [0.15, 0.2) is 34.7 Å². The molecule has 1 aliphatic rings. The quantitative estimate of drug-likeness (QED) is 0.864. The van der Waals surface area contributed by atoms with E-state index in [2.05, 4.69) is 15.0 Å². The molecule has 2 heterocycles. The van der Waals surface area contributed by atoms with Crippen LogP contribution in [0.5, 0.6) is 0 Å². The van der Waals surface area contributed by atoms with Crippen LogP contribution in [0.2, 0.25) is 0 Å². The van der Waals surface area contributed by atoms with E-state index >= 15 is 0 Å². The van der Waals surface area contributed by atoms with Gasteiger partial charge in [0.2, 0.25) is 0 Å². The number of fused-ring (bicyclic) bond motifs is 1. The third-order valence-electron chi connectivity index (χ3n) is 3.02. The molecule has 3 rings (SSSR count). The van der Waals surface area contributed by atoms with Crippen molar-refractivity contribution in [1.82, 2.24) is 15.0 Å². The van der Waals surface area contributed by atoms with E-state index in [-0.39, 0.29) is 5.56 Å². The van der Waals surface area contributed by atoms with Gasteiger partial charge in [0.1, 0.15) is 16.4 Å². The first-order chi connectivity index (χ1) is 9.24. The molecule has 0 radical (unpaired) electrons. The molecule has 0 fully saturated rings. The van der Waals surface area contributed by atoms with Crippen LogP contribution < -0.4 is 0 Å². The van der Waals surface area contributed by atoms with E-state index in [1.165, 1.54) is 29.6 Å². The molecular weight excluding hydrogens is 262 g/mol. The second-order valence-corrected chi connectivity index (χ2v) is 5.26. The fraction of sp³-hybridized carbons (Fsp3) is 0.231. The summed E-state index contributed by atoms with van der Waals surface area (Å²) in [5.74, 6) is -0.947. The Hall–Kier alpha value is -1.95. The molecule has 2 aromatic heterocycles. The fourth-order valence-electron chi connectivity index (χ4n) is 2.11. The topological polar surface area (TPSA) is 76.0 Å². The smallest absolute Gasteiger partial charge is 0.335 e. The Kier molecular flexibility index (Phi) is 3.16. The first-order valence-electron chi connectivity index (χ1n) is 5.94. The normalized spacial score (nSPS) is 13.3. The number of pyridine rings is 1. The van der Waals surface area contributed by atoms with Crippen LogP contribution >= 0.6 is 11.8 Å². The van der Waals surface area contributed by atoms with Crippen LogP contribution in [0, 0.1) is 0 Å². The van der Waals surface area contributed by atoms with Crippen molar-refractivity contribution >= 4 is 17.7 Å². The second kappa shape index (κ2) is 4.97. The summed E-state index contributed by atoms with van der Waals surface area (Å²) >= 11 is 1.40. The van der Waals surface area contributed by atoms with Gasteiger partial charge >= 0.3 is 5.97 Å². The highest BCUT2D eigenvalue weighted by atomic mass is 32.2. The molecule has 0 saturated heterocycles. The Morgan fingerprint density at radius 2 is 2.16 bits per heavy atom. The van der Waals surface area contributed by atoms with Crippen molar-refractivity contribution in [2.24, 2.45) is 0 Å². The summed E-state index contributed by atoms with van der Waals surface area (Å²) in [5.41, 5.74) is 2.52. The van der Waals surface area contributed by atoms with E-state index in [1.54, 1.807) is 12.4 Å². The Labute approximate surface area is 114 Å². The molecule has 0 saturated carbocycles. The molecule has 6 heteroatoms. The van der Waals surface area contributed by atoms with Gasteiger partial charge in [0, 0.05) is 17.5 Å². The highest BCUT2D eigenvalue weighted by molar-refractivity contribution is 7.99. The molecule has 0 amide bonds. The van der Waals surface area contributed by atoms with Crippen LogP contribution in [-0.4, -0.2) is 26.0 Å². The lowest BCUT2D eigenvalue weighted by Crippen LogP contribution is -1.98. The molecule has 0 aliphatic heterocycles. The molecule has 0 unspecified atom stereocenters. The lowest BCUT2D eigenvalue weighted by molar-refractivity contribution is 0.0696. The lowest BCUT2D eigenvalue weighted by atomic mass is 10.3. The van der Waals surface area contributed by atoms with Gasteiger partial charge < -0.3 is 5.11 Å². The van der Waals surface area contributed by atoms with Crippen molar-refractivity contribution in [3.05, 3.63) is 41.5 Å². The van der Waals surface area contributed by atoms with Crippen molar-refractivity contribution in [2.45, 2.75) is 29.3 Å². The maximum Gasteiger partial charge on any atom is 0.335 e. The number of aromatic nitrogens is 3. The molecule has 0 spiro atoms. The summed E-state index contributed by atoms with van der Waals surface area (Å²) in [7, 11) is 0. The molecule has 1 aliphatic carbocycles. The number of carboxylic acid groups (broad SMARTS) is 1. The lowest BCUT2D eigenvalue weighted by Gasteiger charge is -2.05. The van der Waals surface area contributed by atoms with Crippen molar-refractivity contribution in [3.63, 3.8) is 0 Å². The van der Waals surface area contributed by atoms with Crippen molar-refractivity contribution in [3.8, 4) is 0 Å². The summed E-state index contributed by atoms with van der Waals surface area (Å²) in [4.78, 5) is 23.7. The minimum Gasteiger partial charge on any atom is -0.478 e. The van der Waals surface area contributed by atoms with Crippen LogP contribution in [0.1, 0.15) is 28.0 Å². The van der Waals surface area contributed by atoms with E-state index in [0.717, 1.165) is 30.0 Å². The maximum absolute atomic E-state index is 10.9. The molecule has 0 bridgehead atoms. The number of hydrogen-bond acceptors (Lipinski definition) is 5. The van der Waals surface area contributed by atoms with Crippen molar-refractivity contribution in [2.75, 3.05) is 0 Å². The van der Waals surface area contributed by atoms with Gasteiger partial charge in [0.05, 0.1) is 5.56 Å². The number of carbonyl (C=O) groups is 1. The summed E-state index contributed by atoms with van der Waals surface area (Å²) in [6, 6.07) is 3.05. The molecular formula is C13H11N3O2S. The molecule has 1 N–H and O–H groups in total. The van der Waals surface area contributed by atoms with Gasteiger partial charge in [-0.15, -0.1) is 0 Å². The summed E-state index contributed by atoms with van der Waals surface area (Å²) in [5, 5.41) is 10.5. The minimum atomic E-state index is -0.947. The average Bonchev–Trinajstić information content (AvgIpc) is 2.88.